The molecule has 160 valence electrons. The maximum Gasteiger partial charge on any atom is 0.257 e. The van der Waals surface area contributed by atoms with Crippen molar-refractivity contribution in [3.63, 3.8) is 0 Å². The van der Waals surface area contributed by atoms with Gasteiger partial charge in [0.1, 0.15) is 5.82 Å². The van der Waals surface area contributed by atoms with Crippen molar-refractivity contribution in [2.24, 2.45) is 0 Å². The minimum atomic E-state index is -0.486. The first kappa shape index (κ1) is 21.9. The van der Waals surface area contributed by atoms with Crippen molar-refractivity contribution < 1.29 is 14.0 Å². The largest absolute Gasteiger partial charge is 0.304 e. The van der Waals surface area contributed by atoms with E-state index in [1.54, 1.807) is 72.9 Å². The predicted molar refractivity (Wildman–Crippen MR) is 125 cm³/mol. The molecule has 3 aromatic carbocycles. The minimum absolute atomic E-state index is 0.201. The first-order valence-corrected chi connectivity index (χ1v) is 10.8. The van der Waals surface area contributed by atoms with Crippen LogP contribution in [0.25, 0.3) is 0 Å². The van der Waals surface area contributed by atoms with E-state index < -0.39 is 5.91 Å². The highest BCUT2D eigenvalue weighted by molar-refractivity contribution is 9.10. The fourth-order valence-electron chi connectivity index (χ4n) is 3.17. The summed E-state index contributed by atoms with van der Waals surface area (Å²) in [5.74, 6) is -0.851. The van der Waals surface area contributed by atoms with Crippen LogP contribution in [0, 0.1) is 5.82 Å². The summed E-state index contributed by atoms with van der Waals surface area (Å²) < 4.78 is 16.0. The zero-order valence-electron chi connectivity index (χ0n) is 16.6. The third-order valence-corrected chi connectivity index (χ3v) is 5.59. The highest BCUT2D eigenvalue weighted by Gasteiger charge is 2.20. The molecule has 4 aromatic rings. The van der Waals surface area contributed by atoms with E-state index in [0.717, 1.165) is 0 Å². The molecule has 0 saturated heterocycles. The molecule has 0 saturated carbocycles. The molecule has 0 fully saturated rings. The number of halogens is 3. The van der Waals surface area contributed by atoms with Crippen molar-refractivity contribution in [1.29, 1.82) is 0 Å². The van der Waals surface area contributed by atoms with Gasteiger partial charge in [0, 0.05) is 27.9 Å². The smallest absolute Gasteiger partial charge is 0.257 e. The number of benzene rings is 3. The molecule has 5 nitrogen and oxygen atoms in total. The quantitative estimate of drug-likeness (QED) is 0.324. The Balaban J connectivity index is 1.56. The van der Waals surface area contributed by atoms with Gasteiger partial charge in [0.15, 0.2) is 11.6 Å². The number of nitrogens with zero attached hydrogens (tertiary/aromatic N) is 2. The Bertz CT molecular complexity index is 1300. The van der Waals surface area contributed by atoms with Crippen LogP contribution < -0.4 is 5.32 Å². The van der Waals surface area contributed by atoms with E-state index in [4.69, 9.17) is 11.6 Å². The maximum atomic E-state index is 13.9. The standard InChI is InChI=1S/C24H16BrClFN3O2/c25-20-14-30(13-16-5-1-4-8-21(16)27)29-23(20)28-24(32)19-7-3-2-6-18(19)22(31)15-9-11-17(26)12-10-15/h1-12,14H,13H2,(H,28,29,32). The molecule has 1 N–H and O–H groups in total. The molecule has 32 heavy (non-hydrogen) atoms. The summed E-state index contributed by atoms with van der Waals surface area (Å²) in [6.45, 7) is 0.201. The molecule has 1 amide bonds. The molecule has 0 aliphatic rings. The van der Waals surface area contributed by atoms with Gasteiger partial charge in [-0.05, 0) is 52.3 Å². The van der Waals surface area contributed by atoms with Gasteiger partial charge in [-0.25, -0.2) is 4.39 Å². The Morgan fingerprint density at radius 1 is 0.969 bits per heavy atom. The van der Waals surface area contributed by atoms with Gasteiger partial charge in [0.2, 0.25) is 0 Å². The van der Waals surface area contributed by atoms with Crippen LogP contribution in [-0.4, -0.2) is 21.5 Å². The fourth-order valence-corrected chi connectivity index (χ4v) is 3.72. The fraction of sp³-hybridized carbons (Fsp3) is 0.0417. The third kappa shape index (κ3) is 4.79. The molecule has 1 heterocycles. The molecule has 0 bridgehead atoms. The summed E-state index contributed by atoms with van der Waals surface area (Å²) in [7, 11) is 0. The molecular weight excluding hydrogens is 497 g/mol. The van der Waals surface area contributed by atoms with E-state index in [-0.39, 0.29) is 35.1 Å². The van der Waals surface area contributed by atoms with Gasteiger partial charge >= 0.3 is 0 Å². The lowest BCUT2D eigenvalue weighted by molar-refractivity contribution is 0.0996. The number of carbonyl (C=O) groups excluding carboxylic acids is 2. The van der Waals surface area contributed by atoms with Crippen LogP contribution in [0.3, 0.4) is 0 Å². The average Bonchev–Trinajstić information content (AvgIpc) is 3.14. The number of amides is 1. The van der Waals surface area contributed by atoms with E-state index in [1.165, 1.54) is 10.7 Å². The summed E-state index contributed by atoms with van der Waals surface area (Å²) in [6.07, 6.45) is 1.65. The molecular formula is C24H16BrClFN3O2. The van der Waals surface area contributed by atoms with Crippen LogP contribution in [0.2, 0.25) is 5.02 Å². The number of aromatic nitrogens is 2. The van der Waals surface area contributed by atoms with Crippen molar-refractivity contribution in [2.75, 3.05) is 5.32 Å². The first-order valence-electron chi connectivity index (χ1n) is 9.59. The normalized spacial score (nSPS) is 10.7. The van der Waals surface area contributed by atoms with Crippen molar-refractivity contribution in [3.05, 3.63) is 117 Å². The second-order valence-electron chi connectivity index (χ2n) is 6.95. The highest BCUT2D eigenvalue weighted by atomic mass is 79.9. The van der Waals surface area contributed by atoms with E-state index in [0.29, 0.717) is 20.6 Å². The Morgan fingerprint density at radius 2 is 1.62 bits per heavy atom. The van der Waals surface area contributed by atoms with Gasteiger partial charge in [-0.15, -0.1) is 0 Å². The van der Waals surface area contributed by atoms with Crippen LogP contribution in [0.5, 0.6) is 0 Å². The maximum absolute atomic E-state index is 13.9. The van der Waals surface area contributed by atoms with Crippen LogP contribution in [0.15, 0.2) is 83.5 Å². The lowest BCUT2D eigenvalue weighted by atomic mass is 9.98. The summed E-state index contributed by atoms with van der Waals surface area (Å²) in [6, 6.07) is 19.4. The molecule has 4 rings (SSSR count). The van der Waals surface area contributed by atoms with Gasteiger partial charge < -0.3 is 5.32 Å². The molecule has 0 atom stereocenters. The average molecular weight is 513 g/mol. The molecule has 0 radical (unpaired) electrons. The van der Waals surface area contributed by atoms with E-state index in [9.17, 15) is 14.0 Å². The Kier molecular flexibility index (Phi) is 6.48. The highest BCUT2D eigenvalue weighted by Crippen LogP contribution is 2.23. The number of ketones is 1. The molecule has 0 aliphatic carbocycles. The predicted octanol–water partition coefficient (Wildman–Crippen LogP) is 5.97. The van der Waals surface area contributed by atoms with Crippen LogP contribution in [0.4, 0.5) is 10.2 Å². The number of hydrogen-bond acceptors (Lipinski definition) is 3. The Hall–Kier alpha value is -3.29. The molecule has 0 aliphatic heterocycles. The van der Waals surface area contributed by atoms with Crippen LogP contribution in [-0.2, 0) is 6.54 Å². The minimum Gasteiger partial charge on any atom is -0.304 e. The zero-order valence-corrected chi connectivity index (χ0v) is 18.9. The lowest BCUT2D eigenvalue weighted by Gasteiger charge is -2.09. The van der Waals surface area contributed by atoms with E-state index in [1.807, 2.05) is 0 Å². The topological polar surface area (TPSA) is 64.0 Å². The monoisotopic (exact) mass is 511 g/mol. The first-order chi connectivity index (χ1) is 15.4. The second kappa shape index (κ2) is 9.46. The molecule has 1 aromatic heterocycles. The van der Waals surface area contributed by atoms with E-state index in [2.05, 4.69) is 26.3 Å². The summed E-state index contributed by atoms with van der Waals surface area (Å²) >= 11 is 9.27. The van der Waals surface area contributed by atoms with Crippen molar-refractivity contribution >= 4 is 45.0 Å². The number of carbonyl (C=O) groups is 2. The Morgan fingerprint density at radius 3 is 2.34 bits per heavy atom. The number of hydrogen-bond donors (Lipinski definition) is 1. The SMILES string of the molecule is O=C(Nc1nn(Cc2ccccc2F)cc1Br)c1ccccc1C(=O)c1ccc(Cl)cc1. The third-order valence-electron chi connectivity index (χ3n) is 4.76. The van der Waals surface area contributed by atoms with Crippen LogP contribution in [0.1, 0.15) is 31.8 Å². The second-order valence-corrected chi connectivity index (χ2v) is 8.24. The van der Waals surface area contributed by atoms with Gasteiger partial charge in [-0.3, -0.25) is 14.3 Å². The van der Waals surface area contributed by atoms with Gasteiger partial charge in [-0.2, -0.15) is 5.10 Å². The Labute approximate surface area is 197 Å². The van der Waals surface area contributed by atoms with Gasteiger partial charge in [0.05, 0.1) is 16.6 Å². The number of nitrogens with one attached hydrogen (secondary N) is 1. The van der Waals surface area contributed by atoms with Crippen molar-refractivity contribution in [3.8, 4) is 0 Å². The number of rotatable bonds is 6. The molecule has 0 spiro atoms. The van der Waals surface area contributed by atoms with Gasteiger partial charge in [-0.1, -0.05) is 48.0 Å². The zero-order chi connectivity index (χ0) is 22.7. The summed E-state index contributed by atoms with van der Waals surface area (Å²) in [5, 5.41) is 7.56. The number of anilines is 1. The molecule has 8 heteroatoms. The van der Waals surface area contributed by atoms with Crippen molar-refractivity contribution in [2.45, 2.75) is 6.54 Å². The van der Waals surface area contributed by atoms with Gasteiger partial charge in [0.25, 0.3) is 5.91 Å². The van der Waals surface area contributed by atoms with Crippen LogP contribution >= 0.6 is 27.5 Å². The summed E-state index contributed by atoms with van der Waals surface area (Å²) in [5.41, 5.74) is 1.36. The van der Waals surface area contributed by atoms with E-state index >= 15 is 0 Å². The lowest BCUT2D eigenvalue weighted by Crippen LogP contribution is -2.17. The van der Waals surface area contributed by atoms with Crippen molar-refractivity contribution in [1.82, 2.24) is 9.78 Å². The molecule has 0 unspecified atom stereocenters. The summed E-state index contributed by atoms with van der Waals surface area (Å²) in [4.78, 5) is 25.9.